The molecule has 0 aliphatic carbocycles. The first-order valence-electron chi connectivity index (χ1n) is 5.15. The molecule has 1 rings (SSSR count). The van der Waals surface area contributed by atoms with Crippen LogP contribution < -0.4 is 11.1 Å². The molecule has 1 aromatic heterocycles. The third-order valence-electron chi connectivity index (χ3n) is 2.06. The van der Waals surface area contributed by atoms with Crippen LogP contribution in [0.1, 0.15) is 23.5 Å². The van der Waals surface area contributed by atoms with Crippen LogP contribution in [0.3, 0.4) is 0 Å². The maximum atomic E-state index is 11.7. The number of nitrogens with two attached hydrogens (primary N) is 1. The number of methoxy groups -OCH3 is 1. The fourth-order valence-electron chi connectivity index (χ4n) is 1.40. The predicted octanol–water partition coefficient (Wildman–Crippen LogP) is 1.34. The second-order valence-corrected chi connectivity index (χ2v) is 7.04. The molecule has 102 valence electrons. The van der Waals surface area contributed by atoms with Gasteiger partial charge in [-0.25, -0.2) is 13.2 Å². The lowest BCUT2D eigenvalue weighted by atomic mass is 10.3. The summed E-state index contributed by atoms with van der Waals surface area (Å²) in [5, 5.41) is 3.34. The van der Waals surface area contributed by atoms with Gasteiger partial charge in [0.15, 0.2) is 9.84 Å². The predicted molar refractivity (Wildman–Crippen MR) is 71.9 cm³/mol. The first-order valence-corrected chi connectivity index (χ1v) is 7.86. The number of anilines is 2. The molecule has 0 saturated heterocycles. The Morgan fingerprint density at radius 3 is 2.39 bits per heavy atom. The number of nitrogen functional groups attached to an aromatic ring is 1. The van der Waals surface area contributed by atoms with E-state index in [0.29, 0.717) is 5.00 Å². The van der Waals surface area contributed by atoms with Crippen LogP contribution in [0, 0.1) is 0 Å². The minimum absolute atomic E-state index is 0.0223. The van der Waals surface area contributed by atoms with Gasteiger partial charge in [-0.3, -0.25) is 0 Å². The Morgan fingerprint density at radius 1 is 1.44 bits per heavy atom. The molecule has 8 heteroatoms. The molecule has 1 heterocycles. The van der Waals surface area contributed by atoms with Crippen LogP contribution in [0.4, 0.5) is 10.7 Å². The van der Waals surface area contributed by atoms with Crippen LogP contribution in [0.25, 0.3) is 0 Å². The maximum absolute atomic E-state index is 11.7. The van der Waals surface area contributed by atoms with Crippen LogP contribution in [0.5, 0.6) is 0 Å². The molecule has 6 nitrogen and oxygen atoms in total. The van der Waals surface area contributed by atoms with E-state index in [0.717, 1.165) is 17.6 Å². The van der Waals surface area contributed by atoms with Crippen molar-refractivity contribution >= 4 is 37.8 Å². The zero-order valence-electron chi connectivity index (χ0n) is 10.6. The van der Waals surface area contributed by atoms with E-state index in [9.17, 15) is 13.2 Å². The quantitative estimate of drug-likeness (QED) is 0.813. The molecule has 0 atom stereocenters. The molecule has 0 fully saturated rings. The number of esters is 1. The van der Waals surface area contributed by atoms with E-state index in [-0.39, 0.29) is 21.5 Å². The highest BCUT2D eigenvalue weighted by molar-refractivity contribution is 7.91. The number of hydrogen-bond acceptors (Lipinski definition) is 7. The van der Waals surface area contributed by atoms with Gasteiger partial charge < -0.3 is 15.8 Å². The number of ether oxygens (including phenoxy) is 1. The van der Waals surface area contributed by atoms with E-state index in [1.807, 2.05) is 13.8 Å². The molecule has 0 aromatic carbocycles. The Kier molecular flexibility index (Phi) is 4.23. The lowest BCUT2D eigenvalue weighted by molar-refractivity contribution is 0.0607. The van der Waals surface area contributed by atoms with Gasteiger partial charge >= 0.3 is 5.97 Å². The molecule has 0 radical (unpaired) electrons. The average molecular weight is 292 g/mol. The zero-order valence-corrected chi connectivity index (χ0v) is 12.2. The van der Waals surface area contributed by atoms with Crippen LogP contribution in [0.15, 0.2) is 4.90 Å². The Morgan fingerprint density at radius 2 is 2.00 bits per heavy atom. The Labute approximate surface area is 110 Å². The van der Waals surface area contributed by atoms with Gasteiger partial charge in [0.25, 0.3) is 0 Å². The summed E-state index contributed by atoms with van der Waals surface area (Å²) in [6, 6.07) is 0.0223. The summed E-state index contributed by atoms with van der Waals surface area (Å²) in [5.41, 5.74) is 5.68. The highest BCUT2D eigenvalue weighted by atomic mass is 32.2. The Bertz CT molecular complexity index is 561. The van der Waals surface area contributed by atoms with Crippen LogP contribution in [-0.2, 0) is 14.6 Å². The van der Waals surface area contributed by atoms with Crippen LogP contribution in [-0.4, -0.2) is 33.8 Å². The summed E-state index contributed by atoms with van der Waals surface area (Å²) >= 11 is 0.984. The summed E-state index contributed by atoms with van der Waals surface area (Å²) < 4.78 is 28.0. The number of rotatable bonds is 4. The van der Waals surface area contributed by atoms with E-state index in [1.54, 1.807) is 0 Å². The molecule has 18 heavy (non-hydrogen) atoms. The number of carbonyl (C=O) groups is 1. The highest BCUT2D eigenvalue weighted by Gasteiger charge is 2.27. The molecule has 0 amide bonds. The molecule has 3 N–H and O–H groups in total. The van der Waals surface area contributed by atoms with Gasteiger partial charge in [0.1, 0.15) is 14.8 Å². The summed E-state index contributed by atoms with van der Waals surface area (Å²) in [6.07, 6.45) is 1.05. The van der Waals surface area contributed by atoms with Crippen molar-refractivity contribution in [3.8, 4) is 0 Å². The minimum atomic E-state index is -3.52. The number of carbonyl (C=O) groups excluding carboxylic acids is 1. The monoisotopic (exact) mass is 292 g/mol. The summed E-state index contributed by atoms with van der Waals surface area (Å²) in [5.74, 6) is -0.640. The van der Waals surface area contributed by atoms with Gasteiger partial charge in [0, 0.05) is 12.3 Å². The second-order valence-electron chi connectivity index (χ2n) is 4.07. The van der Waals surface area contributed by atoms with Crippen LogP contribution >= 0.6 is 11.3 Å². The molecule has 0 bridgehead atoms. The largest absolute Gasteiger partial charge is 0.465 e. The Hall–Kier alpha value is -1.28. The highest BCUT2D eigenvalue weighted by Crippen LogP contribution is 2.39. The van der Waals surface area contributed by atoms with E-state index in [1.165, 1.54) is 7.11 Å². The molecule has 0 unspecified atom stereocenters. The van der Waals surface area contributed by atoms with Crippen molar-refractivity contribution in [2.45, 2.75) is 24.8 Å². The number of nitrogens with one attached hydrogen (secondary N) is 1. The van der Waals surface area contributed by atoms with Crippen molar-refractivity contribution in [2.24, 2.45) is 0 Å². The lowest BCUT2D eigenvalue weighted by Crippen LogP contribution is -2.12. The fourth-order valence-corrected chi connectivity index (χ4v) is 4.02. The van der Waals surface area contributed by atoms with Crippen molar-refractivity contribution in [2.75, 3.05) is 24.4 Å². The third-order valence-corrected chi connectivity index (χ3v) is 4.47. The van der Waals surface area contributed by atoms with Crippen LogP contribution in [0.2, 0.25) is 0 Å². The molecule has 0 aliphatic rings. The Balaban J connectivity index is 3.46. The third kappa shape index (κ3) is 2.94. The summed E-state index contributed by atoms with van der Waals surface area (Å²) in [7, 11) is -2.30. The number of thiophene rings is 1. The van der Waals surface area contributed by atoms with Crippen molar-refractivity contribution in [1.82, 2.24) is 0 Å². The molecule has 0 saturated carbocycles. The number of sulfone groups is 1. The molecule has 0 spiro atoms. The average Bonchev–Trinajstić information content (AvgIpc) is 2.52. The van der Waals surface area contributed by atoms with Gasteiger partial charge in [-0.05, 0) is 13.8 Å². The lowest BCUT2D eigenvalue weighted by Gasteiger charge is -2.09. The summed E-state index contributed by atoms with van der Waals surface area (Å²) in [6.45, 7) is 3.72. The first-order chi connectivity index (χ1) is 8.18. The normalized spacial score (nSPS) is 11.6. The van der Waals surface area contributed by atoms with Gasteiger partial charge in [-0.2, -0.15) is 0 Å². The van der Waals surface area contributed by atoms with Crippen molar-refractivity contribution in [3.05, 3.63) is 4.88 Å². The van der Waals surface area contributed by atoms with Crippen molar-refractivity contribution < 1.29 is 17.9 Å². The van der Waals surface area contributed by atoms with Gasteiger partial charge in [0.2, 0.25) is 0 Å². The first kappa shape index (κ1) is 14.8. The van der Waals surface area contributed by atoms with E-state index in [2.05, 4.69) is 10.1 Å². The van der Waals surface area contributed by atoms with Gasteiger partial charge in [0.05, 0.1) is 12.8 Å². The second kappa shape index (κ2) is 5.15. The zero-order chi connectivity index (χ0) is 14.1. The maximum Gasteiger partial charge on any atom is 0.350 e. The van der Waals surface area contributed by atoms with E-state index < -0.39 is 15.8 Å². The smallest absolute Gasteiger partial charge is 0.350 e. The standard InChI is InChI=1S/C10H16N2O4S2/c1-5(2)12-9-8(18(4,14)15)6(11)7(17-9)10(13)16-3/h5,12H,11H2,1-4H3. The van der Waals surface area contributed by atoms with Crippen molar-refractivity contribution in [1.29, 1.82) is 0 Å². The van der Waals surface area contributed by atoms with E-state index >= 15 is 0 Å². The van der Waals surface area contributed by atoms with Gasteiger partial charge in [-0.1, -0.05) is 0 Å². The summed E-state index contributed by atoms with van der Waals surface area (Å²) in [4.78, 5) is 11.6. The van der Waals surface area contributed by atoms with Crippen molar-refractivity contribution in [3.63, 3.8) is 0 Å². The molecule has 0 aliphatic heterocycles. The fraction of sp³-hybridized carbons (Fsp3) is 0.500. The molecular weight excluding hydrogens is 276 g/mol. The number of hydrogen-bond donors (Lipinski definition) is 2. The SMILES string of the molecule is COC(=O)c1sc(NC(C)C)c(S(C)(=O)=O)c1N. The molecular formula is C10H16N2O4S2. The van der Waals surface area contributed by atoms with Gasteiger partial charge in [-0.15, -0.1) is 11.3 Å². The topological polar surface area (TPSA) is 98.5 Å². The molecule has 1 aromatic rings. The van der Waals surface area contributed by atoms with E-state index in [4.69, 9.17) is 5.73 Å². The minimum Gasteiger partial charge on any atom is -0.465 e.